The third-order valence-corrected chi connectivity index (χ3v) is 3.45. The van der Waals surface area contributed by atoms with Crippen molar-refractivity contribution in [1.82, 2.24) is 10.2 Å². The van der Waals surface area contributed by atoms with Gasteiger partial charge >= 0.3 is 0 Å². The van der Waals surface area contributed by atoms with Crippen LogP contribution >= 0.6 is 0 Å². The molecule has 3 nitrogen and oxygen atoms in total. The lowest BCUT2D eigenvalue weighted by molar-refractivity contribution is -0.137. The summed E-state index contributed by atoms with van der Waals surface area (Å²) >= 11 is 0. The number of hydrogen-bond acceptors (Lipinski definition) is 2. The van der Waals surface area contributed by atoms with Gasteiger partial charge in [-0.1, -0.05) is 13.8 Å². The zero-order valence-corrected chi connectivity index (χ0v) is 10.4. The van der Waals surface area contributed by atoms with Crippen molar-refractivity contribution in [2.75, 3.05) is 20.1 Å². The average Bonchev–Trinajstić information content (AvgIpc) is 2.18. The highest BCUT2D eigenvalue weighted by Crippen LogP contribution is 2.25. The van der Waals surface area contributed by atoms with Crippen molar-refractivity contribution >= 4 is 5.91 Å². The van der Waals surface area contributed by atoms with E-state index in [1.165, 1.54) is 0 Å². The summed E-state index contributed by atoms with van der Waals surface area (Å²) in [4.78, 5) is 13.8. The van der Waals surface area contributed by atoms with Crippen molar-refractivity contribution in [2.45, 2.75) is 39.7 Å². The average molecular weight is 212 g/mol. The molecule has 0 aromatic heterocycles. The van der Waals surface area contributed by atoms with Gasteiger partial charge in [0, 0.05) is 25.6 Å². The fourth-order valence-electron chi connectivity index (χ4n) is 2.27. The number of nitrogens with zero attached hydrogens (tertiary/aromatic N) is 1. The van der Waals surface area contributed by atoms with E-state index in [0.717, 1.165) is 25.9 Å². The third-order valence-electron chi connectivity index (χ3n) is 3.45. The van der Waals surface area contributed by atoms with Crippen LogP contribution in [0.25, 0.3) is 0 Å². The molecule has 1 amide bonds. The first-order valence-corrected chi connectivity index (χ1v) is 6.00. The van der Waals surface area contributed by atoms with E-state index >= 15 is 0 Å². The Morgan fingerprint density at radius 1 is 1.47 bits per heavy atom. The standard InChI is InChI=1S/C12H24N2O/c1-9(2)11-5-6-12(15)14(8-11)10(3)7-13-4/h9-11,13H,5-8H2,1-4H3. The van der Waals surface area contributed by atoms with Gasteiger partial charge in [0.05, 0.1) is 0 Å². The second-order valence-electron chi connectivity index (χ2n) is 5.00. The second-order valence-corrected chi connectivity index (χ2v) is 5.00. The van der Waals surface area contributed by atoms with Crippen LogP contribution in [0.4, 0.5) is 0 Å². The summed E-state index contributed by atoms with van der Waals surface area (Å²) in [5.41, 5.74) is 0. The number of amides is 1. The molecule has 1 aliphatic rings. The van der Waals surface area contributed by atoms with Crippen LogP contribution in [0.1, 0.15) is 33.6 Å². The molecule has 1 rings (SSSR count). The van der Waals surface area contributed by atoms with Crippen LogP contribution < -0.4 is 5.32 Å². The van der Waals surface area contributed by atoms with Gasteiger partial charge in [0.2, 0.25) is 5.91 Å². The molecule has 0 radical (unpaired) electrons. The van der Waals surface area contributed by atoms with E-state index in [2.05, 4.69) is 26.1 Å². The number of rotatable bonds is 4. The molecule has 0 bridgehead atoms. The molecule has 15 heavy (non-hydrogen) atoms. The molecule has 88 valence electrons. The molecule has 0 spiro atoms. The van der Waals surface area contributed by atoms with E-state index in [-0.39, 0.29) is 0 Å². The third kappa shape index (κ3) is 3.20. The lowest BCUT2D eigenvalue weighted by Crippen LogP contribution is -2.49. The Kier molecular flexibility index (Phi) is 4.58. The summed E-state index contributed by atoms with van der Waals surface area (Å²) < 4.78 is 0. The minimum Gasteiger partial charge on any atom is -0.338 e. The van der Waals surface area contributed by atoms with E-state index in [0.29, 0.717) is 23.8 Å². The Labute approximate surface area is 93.2 Å². The number of carbonyl (C=O) groups is 1. The Hall–Kier alpha value is -0.570. The Morgan fingerprint density at radius 2 is 2.13 bits per heavy atom. The molecule has 2 unspecified atom stereocenters. The predicted molar refractivity (Wildman–Crippen MR) is 62.7 cm³/mol. The quantitative estimate of drug-likeness (QED) is 0.765. The van der Waals surface area contributed by atoms with E-state index in [1.54, 1.807) is 0 Å². The number of likely N-dealkylation sites (tertiary alicyclic amines) is 1. The van der Waals surface area contributed by atoms with Gasteiger partial charge in [-0.25, -0.2) is 0 Å². The van der Waals surface area contributed by atoms with E-state index in [4.69, 9.17) is 0 Å². The molecule has 1 fully saturated rings. The number of nitrogens with one attached hydrogen (secondary N) is 1. The van der Waals surface area contributed by atoms with Crippen molar-refractivity contribution < 1.29 is 4.79 Å². The zero-order chi connectivity index (χ0) is 11.4. The van der Waals surface area contributed by atoms with Gasteiger partial charge in [0.25, 0.3) is 0 Å². The van der Waals surface area contributed by atoms with Gasteiger partial charge in [-0.3, -0.25) is 4.79 Å². The van der Waals surface area contributed by atoms with Crippen LogP contribution in [-0.2, 0) is 4.79 Å². The number of likely N-dealkylation sites (N-methyl/N-ethyl adjacent to an activating group) is 1. The maximum atomic E-state index is 11.8. The minimum atomic E-state index is 0.323. The molecule has 0 aliphatic carbocycles. The fourth-order valence-corrected chi connectivity index (χ4v) is 2.27. The topological polar surface area (TPSA) is 32.3 Å². The molecule has 1 saturated heterocycles. The maximum absolute atomic E-state index is 11.8. The summed E-state index contributed by atoms with van der Waals surface area (Å²) in [7, 11) is 1.94. The molecule has 1 N–H and O–H groups in total. The van der Waals surface area contributed by atoms with E-state index < -0.39 is 0 Å². The molecule has 1 aliphatic heterocycles. The van der Waals surface area contributed by atoms with Crippen LogP contribution in [0.5, 0.6) is 0 Å². The van der Waals surface area contributed by atoms with Crippen molar-refractivity contribution in [2.24, 2.45) is 11.8 Å². The molecule has 3 heteroatoms. The van der Waals surface area contributed by atoms with Gasteiger partial charge in [0.1, 0.15) is 0 Å². The molecular weight excluding hydrogens is 188 g/mol. The molecule has 2 atom stereocenters. The van der Waals surface area contributed by atoms with Gasteiger partial charge in [-0.2, -0.15) is 0 Å². The lowest BCUT2D eigenvalue weighted by Gasteiger charge is -2.38. The number of carbonyl (C=O) groups excluding carboxylic acids is 1. The first-order chi connectivity index (χ1) is 7.06. The van der Waals surface area contributed by atoms with Crippen LogP contribution in [0, 0.1) is 11.8 Å². The van der Waals surface area contributed by atoms with Gasteiger partial charge in [0.15, 0.2) is 0 Å². The largest absolute Gasteiger partial charge is 0.338 e. The first kappa shape index (κ1) is 12.5. The molecular formula is C12H24N2O. The van der Waals surface area contributed by atoms with Gasteiger partial charge < -0.3 is 10.2 Å². The highest BCUT2D eigenvalue weighted by molar-refractivity contribution is 5.77. The minimum absolute atomic E-state index is 0.323. The summed E-state index contributed by atoms with van der Waals surface area (Å²) in [6, 6.07) is 0.323. The second kappa shape index (κ2) is 5.50. The maximum Gasteiger partial charge on any atom is 0.222 e. The smallest absolute Gasteiger partial charge is 0.222 e. The van der Waals surface area contributed by atoms with Crippen LogP contribution in [0.2, 0.25) is 0 Å². The zero-order valence-electron chi connectivity index (χ0n) is 10.4. The van der Waals surface area contributed by atoms with E-state index in [1.807, 2.05) is 11.9 Å². The van der Waals surface area contributed by atoms with E-state index in [9.17, 15) is 4.79 Å². The molecule has 0 aromatic rings. The summed E-state index contributed by atoms with van der Waals surface area (Å²) in [6.45, 7) is 8.45. The SMILES string of the molecule is CNCC(C)N1CC(C(C)C)CCC1=O. The highest BCUT2D eigenvalue weighted by atomic mass is 16.2. The van der Waals surface area contributed by atoms with Crippen molar-refractivity contribution in [3.63, 3.8) is 0 Å². The summed E-state index contributed by atoms with van der Waals surface area (Å²) in [6.07, 6.45) is 1.80. The van der Waals surface area contributed by atoms with Gasteiger partial charge in [-0.15, -0.1) is 0 Å². The fraction of sp³-hybridized carbons (Fsp3) is 0.917. The number of piperidine rings is 1. The Bertz CT molecular complexity index is 216. The highest BCUT2D eigenvalue weighted by Gasteiger charge is 2.29. The Morgan fingerprint density at radius 3 is 2.67 bits per heavy atom. The van der Waals surface area contributed by atoms with Crippen molar-refractivity contribution in [3.05, 3.63) is 0 Å². The predicted octanol–water partition coefficient (Wildman–Crippen LogP) is 1.49. The van der Waals surface area contributed by atoms with Gasteiger partial charge in [-0.05, 0) is 32.2 Å². The summed E-state index contributed by atoms with van der Waals surface area (Å²) in [5, 5.41) is 3.14. The molecule has 0 aromatic carbocycles. The summed E-state index contributed by atoms with van der Waals surface area (Å²) in [5.74, 6) is 1.69. The van der Waals surface area contributed by atoms with Crippen LogP contribution in [0.3, 0.4) is 0 Å². The lowest BCUT2D eigenvalue weighted by atomic mass is 9.87. The number of hydrogen-bond donors (Lipinski definition) is 1. The van der Waals surface area contributed by atoms with Crippen LogP contribution in [0.15, 0.2) is 0 Å². The molecule has 1 heterocycles. The monoisotopic (exact) mass is 212 g/mol. The van der Waals surface area contributed by atoms with Crippen LogP contribution in [-0.4, -0.2) is 37.0 Å². The first-order valence-electron chi connectivity index (χ1n) is 6.00. The van der Waals surface area contributed by atoms with Crippen molar-refractivity contribution in [1.29, 1.82) is 0 Å². The van der Waals surface area contributed by atoms with Crippen molar-refractivity contribution in [3.8, 4) is 0 Å². The molecule has 0 saturated carbocycles. The normalized spacial score (nSPS) is 24.7. The Balaban J connectivity index is 2.56.